The van der Waals surface area contributed by atoms with E-state index >= 15 is 0 Å². The fraction of sp³-hybridized carbons (Fsp3) is 0.875. The molecule has 1 unspecified atom stereocenters. The van der Waals surface area contributed by atoms with Gasteiger partial charge in [-0.05, 0) is 44.8 Å². The molecule has 2 heterocycles. The highest BCUT2D eigenvalue weighted by molar-refractivity contribution is 8.11. The number of nitrogens with zero attached hydrogens (tertiary/aromatic N) is 3. The fourth-order valence-corrected chi connectivity index (χ4v) is 6.30. The average molecular weight is 477 g/mol. The Morgan fingerprint density at radius 3 is 2.33 bits per heavy atom. The topological polar surface area (TPSA) is 72.9 Å². The van der Waals surface area contributed by atoms with Crippen molar-refractivity contribution in [1.29, 1.82) is 0 Å². The van der Waals surface area contributed by atoms with Crippen LogP contribution in [0.4, 0.5) is 0 Å². The largest absolute Gasteiger partial charge is 0.380 e. The Labute approximate surface area is 187 Å². The van der Waals surface area contributed by atoms with Crippen molar-refractivity contribution in [2.45, 2.75) is 24.2 Å². The van der Waals surface area contributed by atoms with Gasteiger partial charge in [0, 0.05) is 52.4 Å². The summed E-state index contributed by atoms with van der Waals surface area (Å²) in [5.74, 6) is 1.68. The molecular formula is C16H31B2N3O6P2S. The van der Waals surface area contributed by atoms with Crippen molar-refractivity contribution < 1.29 is 27.6 Å². The fourth-order valence-electron chi connectivity index (χ4n) is 3.30. The summed E-state index contributed by atoms with van der Waals surface area (Å²) in [6.07, 6.45) is 1.04. The summed E-state index contributed by atoms with van der Waals surface area (Å²) in [5, 5.41) is 0. The molecule has 0 N–H and O–H groups in total. The molecule has 4 radical (unpaired) electrons. The first-order valence-corrected chi connectivity index (χ1v) is 13.8. The number of likely N-dealkylation sites (N-methyl/N-ethyl adjacent to an activating group) is 1. The highest BCUT2D eigenvalue weighted by Crippen LogP contribution is 2.54. The van der Waals surface area contributed by atoms with Crippen molar-refractivity contribution >= 4 is 41.7 Å². The maximum atomic E-state index is 13.8. The molecule has 0 aliphatic carbocycles. The van der Waals surface area contributed by atoms with Crippen LogP contribution in [0.2, 0.25) is 0 Å². The van der Waals surface area contributed by atoms with Crippen LogP contribution in [0, 0.1) is 0 Å². The van der Waals surface area contributed by atoms with Gasteiger partial charge in [0.25, 0.3) is 0 Å². The van der Waals surface area contributed by atoms with E-state index in [0.717, 1.165) is 0 Å². The second kappa shape index (κ2) is 11.5. The highest BCUT2D eigenvalue weighted by Gasteiger charge is 2.40. The lowest BCUT2D eigenvalue weighted by molar-refractivity contribution is -0.0635. The monoisotopic (exact) mass is 477 g/mol. The Morgan fingerprint density at radius 1 is 1.13 bits per heavy atom. The number of morpholine rings is 2. The third-order valence-electron chi connectivity index (χ3n) is 4.79. The van der Waals surface area contributed by atoms with Gasteiger partial charge in [-0.2, -0.15) is 0 Å². The zero-order valence-electron chi connectivity index (χ0n) is 18.2. The van der Waals surface area contributed by atoms with Gasteiger partial charge in [0.05, 0.1) is 18.8 Å². The molecule has 0 aromatic carbocycles. The standard InChI is InChI=1S/C16H31B2N3O6P2S/c1-19(2)29(22,25-12-14-8-20(3)10-15(17)27-14)21-9-13(26-16(18)11-21)6-7-28(30,23-4)24-5/h6-7,13-16H,8-12H2,1-5H3/b7-6+/t13-,14+,15-,16-,29?/m1/s1. The lowest BCUT2D eigenvalue weighted by atomic mass is 9.98. The molecule has 2 fully saturated rings. The lowest BCUT2D eigenvalue weighted by Gasteiger charge is -2.42. The van der Waals surface area contributed by atoms with Crippen molar-refractivity contribution in [3.63, 3.8) is 0 Å². The van der Waals surface area contributed by atoms with Crippen molar-refractivity contribution in [2.24, 2.45) is 0 Å². The van der Waals surface area contributed by atoms with Crippen LogP contribution >= 0.6 is 14.2 Å². The first kappa shape index (κ1) is 26.7. The molecule has 2 aliphatic rings. The van der Waals surface area contributed by atoms with E-state index in [1.807, 2.05) is 7.05 Å². The molecule has 0 bridgehead atoms. The second-order valence-corrected chi connectivity index (χ2v) is 13.7. The number of rotatable bonds is 9. The molecule has 9 nitrogen and oxygen atoms in total. The van der Waals surface area contributed by atoms with Gasteiger partial charge in [-0.1, -0.05) is 0 Å². The predicted molar refractivity (Wildman–Crippen MR) is 123 cm³/mol. The average Bonchev–Trinajstić information content (AvgIpc) is 2.69. The Hall–Kier alpha value is 0.430. The van der Waals surface area contributed by atoms with Crippen LogP contribution in [-0.2, 0) is 39.4 Å². The number of hydrogen-bond donors (Lipinski definition) is 0. The van der Waals surface area contributed by atoms with Crippen LogP contribution in [0.15, 0.2) is 11.9 Å². The van der Waals surface area contributed by atoms with Gasteiger partial charge >= 0.3 is 7.67 Å². The Morgan fingerprint density at radius 2 is 1.77 bits per heavy atom. The molecule has 0 aromatic rings. The zero-order valence-corrected chi connectivity index (χ0v) is 20.9. The van der Waals surface area contributed by atoms with E-state index in [-0.39, 0.29) is 19.3 Å². The number of hydrogen-bond acceptors (Lipinski definition) is 8. The molecule has 0 spiro atoms. The molecule has 2 aliphatic heterocycles. The van der Waals surface area contributed by atoms with Gasteiger partial charge < -0.3 is 27.9 Å². The Balaban J connectivity index is 2.10. The van der Waals surface area contributed by atoms with E-state index in [4.69, 9.17) is 50.5 Å². The van der Waals surface area contributed by atoms with Crippen molar-refractivity contribution in [3.8, 4) is 0 Å². The van der Waals surface area contributed by atoms with Crippen LogP contribution in [0.5, 0.6) is 0 Å². The molecule has 168 valence electrons. The van der Waals surface area contributed by atoms with Gasteiger partial charge in [-0.3, -0.25) is 4.57 Å². The quantitative estimate of drug-likeness (QED) is 0.352. The van der Waals surface area contributed by atoms with Gasteiger partial charge in [-0.15, -0.1) is 0 Å². The molecule has 0 aromatic heterocycles. The molecule has 2 rings (SSSR count). The molecule has 14 heteroatoms. The summed E-state index contributed by atoms with van der Waals surface area (Å²) in [6.45, 7) is -0.513. The molecular weight excluding hydrogens is 446 g/mol. The van der Waals surface area contributed by atoms with Gasteiger partial charge in [0.1, 0.15) is 15.7 Å². The van der Waals surface area contributed by atoms with Crippen LogP contribution in [-0.4, -0.2) is 122 Å². The second-order valence-electron chi connectivity index (χ2n) is 7.48. The van der Waals surface area contributed by atoms with Crippen LogP contribution in [0.3, 0.4) is 0 Å². The first-order chi connectivity index (χ1) is 14.0. The summed E-state index contributed by atoms with van der Waals surface area (Å²) in [7, 11) is 17.0. The van der Waals surface area contributed by atoms with Crippen molar-refractivity contribution in [2.75, 3.05) is 68.1 Å². The normalized spacial score (nSPS) is 31.9. The smallest absolute Gasteiger partial charge is 0.345 e. The molecule has 0 saturated carbocycles. The summed E-state index contributed by atoms with van der Waals surface area (Å²) >= 11 is 5.34. The maximum Gasteiger partial charge on any atom is 0.345 e. The van der Waals surface area contributed by atoms with E-state index < -0.39 is 32.3 Å². The van der Waals surface area contributed by atoms with Gasteiger partial charge in [0.15, 0.2) is 0 Å². The van der Waals surface area contributed by atoms with Crippen LogP contribution in [0.1, 0.15) is 0 Å². The summed E-state index contributed by atoms with van der Waals surface area (Å²) in [4.78, 5) is 2.06. The summed E-state index contributed by atoms with van der Waals surface area (Å²) in [6, 6.07) is -1.04. The van der Waals surface area contributed by atoms with Crippen LogP contribution < -0.4 is 0 Å². The Bertz CT molecular complexity index is 673. The van der Waals surface area contributed by atoms with Crippen LogP contribution in [0.25, 0.3) is 0 Å². The van der Waals surface area contributed by atoms with Crippen molar-refractivity contribution in [3.05, 3.63) is 11.9 Å². The first-order valence-electron chi connectivity index (χ1n) is 9.60. The summed E-state index contributed by atoms with van der Waals surface area (Å²) < 4.78 is 45.1. The Kier molecular flexibility index (Phi) is 10.3. The molecule has 0 amide bonds. The maximum absolute atomic E-state index is 13.8. The predicted octanol–water partition coefficient (Wildman–Crippen LogP) is 0.809. The third-order valence-corrected chi connectivity index (χ3v) is 10.1. The van der Waals surface area contributed by atoms with Crippen molar-refractivity contribution in [1.82, 2.24) is 14.2 Å². The van der Waals surface area contributed by atoms with E-state index in [0.29, 0.717) is 19.6 Å². The minimum absolute atomic E-state index is 0.148. The minimum atomic E-state index is -3.37. The molecule has 30 heavy (non-hydrogen) atoms. The summed E-state index contributed by atoms with van der Waals surface area (Å²) in [5.41, 5.74) is 0. The van der Waals surface area contributed by atoms with Gasteiger partial charge in [0.2, 0.25) is 6.49 Å². The lowest BCUT2D eigenvalue weighted by Crippen LogP contribution is -2.49. The zero-order chi connectivity index (χ0) is 22.5. The third kappa shape index (κ3) is 7.22. The van der Waals surface area contributed by atoms with E-state index in [2.05, 4.69) is 4.90 Å². The van der Waals surface area contributed by atoms with Gasteiger partial charge in [-0.25, -0.2) is 9.34 Å². The molecule has 5 atom stereocenters. The van der Waals surface area contributed by atoms with E-state index in [1.54, 1.807) is 35.3 Å². The van der Waals surface area contributed by atoms with E-state index in [1.165, 1.54) is 14.2 Å². The SMILES string of the molecule is [B][C@H]1CN(C)C[C@@H](COP(=O)(N(C)C)N2C[C@@H](/C=C/P(=S)(OC)OC)O[C@@H]([B])C2)O1. The highest BCUT2D eigenvalue weighted by atomic mass is 32.5. The van der Waals surface area contributed by atoms with E-state index in [9.17, 15) is 4.57 Å². The minimum Gasteiger partial charge on any atom is -0.380 e. The number of ether oxygens (including phenoxy) is 2. The molecule has 2 saturated heterocycles.